The van der Waals surface area contributed by atoms with E-state index in [9.17, 15) is 26.4 Å². The molecule has 4 aromatic carbocycles. The molecule has 0 spiro atoms. The molecule has 0 aliphatic rings. The van der Waals surface area contributed by atoms with Gasteiger partial charge in [0.15, 0.2) is 0 Å². The van der Waals surface area contributed by atoms with Gasteiger partial charge in [0.1, 0.15) is 18.9 Å². The highest BCUT2D eigenvalue weighted by molar-refractivity contribution is 7.92. The van der Waals surface area contributed by atoms with Gasteiger partial charge in [0.2, 0.25) is 0 Å². The van der Waals surface area contributed by atoms with E-state index >= 15 is 0 Å². The molecule has 7 nitrogen and oxygen atoms in total. The molecule has 4 rings (SSSR count). The highest BCUT2D eigenvalue weighted by Gasteiger charge is 2.35. The second-order valence-electron chi connectivity index (χ2n) is 8.73. The molecular formula is C29H22Cl2F3N3O4S. The van der Waals surface area contributed by atoms with Crippen LogP contribution >= 0.6 is 23.2 Å². The molecule has 0 atom stereocenters. The Balaban J connectivity index is 1.47. The number of amides is 1. The minimum Gasteiger partial charge on any atom is -0.489 e. The van der Waals surface area contributed by atoms with Gasteiger partial charge in [-0.25, -0.2) is 13.8 Å². The van der Waals surface area contributed by atoms with E-state index in [1.165, 1.54) is 30.5 Å². The summed E-state index contributed by atoms with van der Waals surface area (Å²) in [7, 11) is -4.45. The van der Waals surface area contributed by atoms with Crippen LogP contribution in [0.3, 0.4) is 0 Å². The summed E-state index contributed by atoms with van der Waals surface area (Å²) in [4.78, 5) is 12.5. The number of nitrogens with one attached hydrogen (secondary N) is 1. The highest BCUT2D eigenvalue weighted by atomic mass is 35.5. The summed E-state index contributed by atoms with van der Waals surface area (Å²) >= 11 is 11.8. The second kappa shape index (κ2) is 13.3. The first-order chi connectivity index (χ1) is 19.9. The molecule has 1 amide bonds. The first-order valence-corrected chi connectivity index (χ1v) is 14.4. The van der Waals surface area contributed by atoms with Crippen molar-refractivity contribution in [2.24, 2.45) is 5.10 Å². The molecule has 0 radical (unpaired) electrons. The summed E-state index contributed by atoms with van der Waals surface area (Å²) < 4.78 is 73.5. The average Bonchev–Trinajstić information content (AvgIpc) is 2.96. The number of hydrogen-bond acceptors (Lipinski definition) is 5. The van der Waals surface area contributed by atoms with E-state index in [4.69, 9.17) is 27.9 Å². The SMILES string of the molecule is O=C(CN(c1ccc(Cl)c(C(F)(F)F)c1)S(=O)(=O)c1ccccc1)N/N=C/c1ccc(OCc2ccccc2Cl)cc1. The first-order valence-electron chi connectivity index (χ1n) is 12.2. The Morgan fingerprint density at radius 3 is 2.24 bits per heavy atom. The van der Waals surface area contributed by atoms with Gasteiger partial charge in [-0.15, -0.1) is 0 Å². The van der Waals surface area contributed by atoms with E-state index < -0.39 is 44.9 Å². The molecule has 0 heterocycles. The summed E-state index contributed by atoms with van der Waals surface area (Å²) in [6.45, 7) is -0.591. The maximum absolute atomic E-state index is 13.5. The van der Waals surface area contributed by atoms with Crippen LogP contribution < -0.4 is 14.5 Å². The lowest BCUT2D eigenvalue weighted by atomic mass is 10.2. The van der Waals surface area contributed by atoms with Gasteiger partial charge >= 0.3 is 6.18 Å². The van der Waals surface area contributed by atoms with Gasteiger partial charge in [0, 0.05) is 10.6 Å². The number of nitrogens with zero attached hydrogens (tertiary/aromatic N) is 2. The Morgan fingerprint density at radius 2 is 1.57 bits per heavy atom. The number of halogens is 5. The van der Waals surface area contributed by atoms with E-state index in [1.54, 1.807) is 36.4 Å². The van der Waals surface area contributed by atoms with E-state index in [-0.39, 0.29) is 11.5 Å². The molecule has 1 N–H and O–H groups in total. The number of rotatable bonds is 10. The van der Waals surface area contributed by atoms with Crippen molar-refractivity contribution >= 4 is 51.0 Å². The maximum atomic E-state index is 13.5. The smallest absolute Gasteiger partial charge is 0.417 e. The fourth-order valence-corrected chi connectivity index (χ4v) is 5.54. The lowest BCUT2D eigenvalue weighted by Gasteiger charge is -2.24. The number of alkyl halides is 3. The zero-order valence-corrected chi connectivity index (χ0v) is 23.9. The molecule has 4 aromatic rings. The predicted octanol–water partition coefficient (Wildman–Crippen LogP) is 6.94. The number of carbonyl (C=O) groups is 1. The minimum absolute atomic E-state index is 0.221. The topological polar surface area (TPSA) is 88.1 Å². The van der Waals surface area contributed by atoms with Crippen LogP contribution in [-0.2, 0) is 27.6 Å². The van der Waals surface area contributed by atoms with Crippen molar-refractivity contribution in [3.05, 3.63) is 124 Å². The van der Waals surface area contributed by atoms with E-state index in [2.05, 4.69) is 10.5 Å². The molecule has 0 aliphatic heterocycles. The van der Waals surface area contributed by atoms with Gasteiger partial charge in [0.05, 0.1) is 27.4 Å². The number of anilines is 1. The minimum atomic E-state index is -4.85. The van der Waals surface area contributed by atoms with E-state index in [1.807, 2.05) is 18.2 Å². The summed E-state index contributed by atoms with van der Waals surface area (Å²) in [6.07, 6.45) is -3.53. The van der Waals surface area contributed by atoms with Gasteiger partial charge in [-0.3, -0.25) is 9.10 Å². The number of carbonyl (C=O) groups excluding carboxylic acids is 1. The fraction of sp³-hybridized carbons (Fsp3) is 0.103. The van der Waals surface area contributed by atoms with Gasteiger partial charge in [-0.2, -0.15) is 18.3 Å². The Morgan fingerprint density at radius 1 is 0.905 bits per heavy atom. The molecule has 0 bridgehead atoms. The quantitative estimate of drug-likeness (QED) is 0.151. The number of sulfonamides is 1. The number of hydrazone groups is 1. The normalized spacial score (nSPS) is 11.8. The second-order valence-corrected chi connectivity index (χ2v) is 11.4. The molecule has 0 fully saturated rings. The molecule has 0 saturated heterocycles. The molecule has 0 unspecified atom stereocenters. The van der Waals surface area contributed by atoms with E-state index in [0.717, 1.165) is 17.7 Å². The van der Waals surface area contributed by atoms with Gasteiger partial charge in [0.25, 0.3) is 15.9 Å². The van der Waals surface area contributed by atoms with Crippen molar-refractivity contribution in [2.45, 2.75) is 17.7 Å². The lowest BCUT2D eigenvalue weighted by molar-refractivity contribution is -0.137. The van der Waals surface area contributed by atoms with Crippen LogP contribution in [0.5, 0.6) is 5.75 Å². The average molecular weight is 636 g/mol. The fourth-order valence-electron chi connectivity index (χ4n) is 3.69. The summed E-state index contributed by atoms with van der Waals surface area (Å²) in [6, 6.07) is 23.6. The molecule has 0 aliphatic carbocycles. The van der Waals surface area contributed by atoms with Crippen LogP contribution in [0.15, 0.2) is 107 Å². The third-order valence-corrected chi connectivity index (χ3v) is 8.28. The monoisotopic (exact) mass is 635 g/mol. The lowest BCUT2D eigenvalue weighted by Crippen LogP contribution is -2.39. The van der Waals surface area contributed by atoms with Gasteiger partial charge in [-0.1, -0.05) is 59.6 Å². The third-order valence-electron chi connectivity index (χ3n) is 5.80. The molecule has 218 valence electrons. The molecule has 0 saturated carbocycles. The Labute approximate surface area is 250 Å². The van der Waals surface area contributed by atoms with Crippen LogP contribution in [-0.4, -0.2) is 27.1 Å². The van der Waals surface area contributed by atoms with Crippen molar-refractivity contribution in [3.63, 3.8) is 0 Å². The van der Waals surface area contributed by atoms with Crippen molar-refractivity contribution in [3.8, 4) is 5.75 Å². The van der Waals surface area contributed by atoms with Crippen molar-refractivity contribution in [1.29, 1.82) is 0 Å². The zero-order valence-electron chi connectivity index (χ0n) is 21.6. The highest BCUT2D eigenvalue weighted by Crippen LogP contribution is 2.38. The van der Waals surface area contributed by atoms with Crippen LogP contribution in [0, 0.1) is 0 Å². The Kier molecular flexibility index (Phi) is 9.77. The number of ether oxygens (including phenoxy) is 1. The maximum Gasteiger partial charge on any atom is 0.417 e. The number of benzene rings is 4. The first kappa shape index (κ1) is 30.9. The summed E-state index contributed by atoms with van der Waals surface area (Å²) in [5.41, 5.74) is 1.97. The Bertz CT molecular complexity index is 1680. The third kappa shape index (κ3) is 7.81. The number of hydrogen-bond donors (Lipinski definition) is 1. The van der Waals surface area contributed by atoms with Gasteiger partial charge < -0.3 is 4.74 Å². The molecular weight excluding hydrogens is 614 g/mol. The summed E-state index contributed by atoms with van der Waals surface area (Å²) in [5.74, 6) is -0.326. The predicted molar refractivity (Wildman–Crippen MR) is 155 cm³/mol. The largest absolute Gasteiger partial charge is 0.489 e. The molecule has 42 heavy (non-hydrogen) atoms. The zero-order chi connectivity index (χ0) is 30.3. The van der Waals surface area contributed by atoms with Crippen molar-refractivity contribution in [1.82, 2.24) is 5.43 Å². The molecule has 0 aromatic heterocycles. The van der Waals surface area contributed by atoms with Crippen LogP contribution in [0.25, 0.3) is 0 Å². The van der Waals surface area contributed by atoms with Crippen molar-refractivity contribution in [2.75, 3.05) is 10.8 Å². The van der Waals surface area contributed by atoms with Crippen molar-refractivity contribution < 1.29 is 31.1 Å². The van der Waals surface area contributed by atoms with Crippen LogP contribution in [0.4, 0.5) is 18.9 Å². The molecule has 13 heteroatoms. The summed E-state index contributed by atoms with van der Waals surface area (Å²) in [5, 5.41) is 3.82. The van der Waals surface area contributed by atoms with E-state index in [0.29, 0.717) is 26.7 Å². The standard InChI is InChI=1S/C29H22Cl2F3N3O4S/c30-26-9-5-4-6-21(26)19-41-23-13-10-20(11-14-23)17-35-36-28(38)18-37(42(39,40)24-7-2-1-3-8-24)22-12-15-27(31)25(16-22)29(32,33)34/h1-17H,18-19H2,(H,36,38)/b35-17+. The van der Waals surface area contributed by atoms with Gasteiger partial charge in [-0.05, 0) is 66.2 Å². The van der Waals surface area contributed by atoms with Crippen LogP contribution in [0.1, 0.15) is 16.7 Å². The van der Waals surface area contributed by atoms with Crippen LogP contribution in [0.2, 0.25) is 10.0 Å². The Hall–Kier alpha value is -4.06.